The van der Waals surface area contributed by atoms with Crippen LogP contribution in [0.15, 0.2) is 33.2 Å². The molecule has 0 aliphatic carbocycles. The molecule has 3 aromatic rings. The number of esters is 1. The number of hydrogen-bond acceptors (Lipinski definition) is 6. The van der Waals surface area contributed by atoms with Crippen molar-refractivity contribution in [2.24, 2.45) is 5.84 Å². The third-order valence-corrected chi connectivity index (χ3v) is 5.60. The van der Waals surface area contributed by atoms with Gasteiger partial charge < -0.3 is 18.5 Å². The van der Waals surface area contributed by atoms with Crippen LogP contribution in [-0.4, -0.2) is 23.1 Å². The predicted octanol–water partition coefficient (Wildman–Crippen LogP) is 4.46. The number of nitrogens with zero attached hydrogens (tertiary/aromatic N) is 1. The fourth-order valence-electron chi connectivity index (χ4n) is 3.45. The summed E-state index contributed by atoms with van der Waals surface area (Å²) < 4.78 is 19.5. The zero-order valence-electron chi connectivity index (χ0n) is 17.8. The van der Waals surface area contributed by atoms with Crippen molar-refractivity contribution in [3.8, 4) is 5.75 Å². The van der Waals surface area contributed by atoms with E-state index in [1.54, 1.807) is 13.0 Å². The number of carbonyl (C=O) groups excluding carboxylic acids is 2. The highest BCUT2D eigenvalue weighted by atomic mass is 79.9. The van der Waals surface area contributed by atoms with Crippen LogP contribution in [0.5, 0.6) is 5.75 Å². The summed E-state index contributed by atoms with van der Waals surface area (Å²) in [6.07, 6.45) is 2.05. The Morgan fingerprint density at radius 2 is 2.03 bits per heavy atom. The first-order valence-corrected chi connectivity index (χ1v) is 10.9. The molecule has 31 heavy (non-hydrogen) atoms. The molecule has 0 radical (unpaired) electrons. The minimum absolute atomic E-state index is 0.101. The number of unbranched alkanes of at least 4 members (excludes halogenated alkanes) is 1. The van der Waals surface area contributed by atoms with Crippen molar-refractivity contribution in [3.05, 3.63) is 51.5 Å². The number of fused-ring (bicyclic) bond motifs is 1. The highest BCUT2D eigenvalue weighted by molar-refractivity contribution is 9.10. The number of hydrazine groups is 1. The van der Waals surface area contributed by atoms with E-state index < -0.39 is 5.91 Å². The van der Waals surface area contributed by atoms with Gasteiger partial charge in [0, 0.05) is 17.6 Å². The third kappa shape index (κ3) is 4.77. The number of nitrogens with two attached hydrogens (primary N) is 1. The fourth-order valence-corrected chi connectivity index (χ4v) is 3.90. The van der Waals surface area contributed by atoms with Crippen LogP contribution in [0.4, 0.5) is 0 Å². The minimum Gasteiger partial charge on any atom is -0.484 e. The summed E-state index contributed by atoms with van der Waals surface area (Å²) in [6, 6.07) is 6.95. The van der Waals surface area contributed by atoms with Crippen LogP contribution in [0.3, 0.4) is 0 Å². The number of benzene rings is 1. The molecule has 3 N–H and O–H groups in total. The molecule has 2 heterocycles. The molecule has 0 spiro atoms. The van der Waals surface area contributed by atoms with Crippen molar-refractivity contribution >= 4 is 38.7 Å². The van der Waals surface area contributed by atoms with Crippen LogP contribution in [0, 0.1) is 6.92 Å². The maximum Gasteiger partial charge on any atom is 0.340 e. The van der Waals surface area contributed by atoms with Crippen molar-refractivity contribution in [1.82, 2.24) is 9.99 Å². The van der Waals surface area contributed by atoms with Gasteiger partial charge in [0.05, 0.1) is 22.2 Å². The van der Waals surface area contributed by atoms with Gasteiger partial charge in [-0.15, -0.1) is 0 Å². The van der Waals surface area contributed by atoms with Gasteiger partial charge in [0.2, 0.25) is 0 Å². The number of aryl methyl sites for hydroxylation is 1. The Labute approximate surface area is 188 Å². The number of aromatic nitrogens is 1. The maximum absolute atomic E-state index is 12.7. The Morgan fingerprint density at radius 3 is 2.71 bits per heavy atom. The van der Waals surface area contributed by atoms with Crippen molar-refractivity contribution < 1.29 is 23.5 Å². The van der Waals surface area contributed by atoms with E-state index in [0.29, 0.717) is 23.7 Å². The van der Waals surface area contributed by atoms with E-state index in [9.17, 15) is 9.59 Å². The Balaban J connectivity index is 1.96. The van der Waals surface area contributed by atoms with Crippen LogP contribution in [-0.2, 0) is 17.9 Å². The number of nitrogen functional groups attached to an aromatic ring is 1. The molecule has 0 fully saturated rings. The van der Waals surface area contributed by atoms with Crippen molar-refractivity contribution in [1.29, 1.82) is 0 Å². The molecule has 1 aromatic carbocycles. The topological polar surface area (TPSA) is 109 Å². The third-order valence-electron chi connectivity index (χ3n) is 4.98. The lowest BCUT2D eigenvalue weighted by atomic mass is 10.1. The Kier molecular flexibility index (Phi) is 7.40. The summed E-state index contributed by atoms with van der Waals surface area (Å²) in [4.78, 5) is 24.2. The summed E-state index contributed by atoms with van der Waals surface area (Å²) in [5, 5.41) is 0.771. The van der Waals surface area contributed by atoms with Crippen LogP contribution in [0.2, 0.25) is 0 Å². The zero-order valence-corrected chi connectivity index (χ0v) is 19.4. The van der Waals surface area contributed by atoms with E-state index in [2.05, 4.69) is 27.4 Å². The Bertz CT molecular complexity index is 1100. The summed E-state index contributed by atoms with van der Waals surface area (Å²) >= 11 is 3.57. The highest BCUT2D eigenvalue weighted by Gasteiger charge is 2.23. The number of ether oxygens (including phenoxy) is 2. The average molecular weight is 492 g/mol. The molecule has 0 atom stereocenters. The number of carbonyl (C=O) groups is 2. The summed E-state index contributed by atoms with van der Waals surface area (Å²) in [5.41, 5.74) is 4.37. The maximum atomic E-state index is 12.7. The Hall–Kier alpha value is -2.78. The molecule has 3 rings (SSSR count). The molecule has 9 heteroatoms. The lowest BCUT2D eigenvalue weighted by Gasteiger charge is -2.10. The van der Waals surface area contributed by atoms with Crippen LogP contribution in [0.25, 0.3) is 10.9 Å². The van der Waals surface area contributed by atoms with E-state index in [1.807, 2.05) is 24.5 Å². The molecule has 0 aliphatic heterocycles. The van der Waals surface area contributed by atoms with E-state index in [4.69, 9.17) is 19.7 Å². The average Bonchev–Trinajstić information content (AvgIpc) is 3.32. The molecule has 0 saturated carbocycles. The van der Waals surface area contributed by atoms with Crippen molar-refractivity contribution in [3.63, 3.8) is 0 Å². The largest absolute Gasteiger partial charge is 0.484 e. The molecular weight excluding hydrogens is 466 g/mol. The summed E-state index contributed by atoms with van der Waals surface area (Å²) in [7, 11) is 0. The second kappa shape index (κ2) is 10.0. The molecule has 0 saturated heterocycles. The second-order valence-electron chi connectivity index (χ2n) is 7.01. The minimum atomic E-state index is -0.517. The molecule has 0 unspecified atom stereocenters. The SMILES string of the molecule is CCCCn1c(C)c(C(=O)OCC)c2cc(OCc3ccc(C(=O)NN)o3)c(Br)cc21. The number of amides is 1. The van der Waals surface area contributed by atoms with Crippen molar-refractivity contribution in [2.75, 3.05) is 6.61 Å². The van der Waals surface area contributed by atoms with Gasteiger partial charge in [-0.05, 0) is 60.5 Å². The molecule has 166 valence electrons. The van der Waals surface area contributed by atoms with Gasteiger partial charge >= 0.3 is 11.9 Å². The van der Waals surface area contributed by atoms with Gasteiger partial charge in [-0.3, -0.25) is 10.2 Å². The van der Waals surface area contributed by atoms with Gasteiger partial charge in [-0.2, -0.15) is 0 Å². The quantitative estimate of drug-likeness (QED) is 0.198. The number of hydrogen-bond donors (Lipinski definition) is 2. The lowest BCUT2D eigenvalue weighted by Crippen LogP contribution is -2.29. The number of nitrogens with one attached hydrogen (secondary N) is 1. The van der Waals surface area contributed by atoms with E-state index in [1.165, 1.54) is 6.07 Å². The number of halogens is 1. The molecule has 1 amide bonds. The second-order valence-corrected chi connectivity index (χ2v) is 7.87. The van der Waals surface area contributed by atoms with Gasteiger partial charge in [0.15, 0.2) is 5.76 Å². The van der Waals surface area contributed by atoms with Crippen LogP contribution < -0.4 is 16.0 Å². The number of furan rings is 1. The fraction of sp³-hybridized carbons (Fsp3) is 0.364. The first-order valence-electron chi connectivity index (χ1n) is 10.1. The zero-order chi connectivity index (χ0) is 22.5. The van der Waals surface area contributed by atoms with Crippen LogP contribution >= 0.6 is 15.9 Å². The van der Waals surface area contributed by atoms with E-state index >= 15 is 0 Å². The standard InChI is InChI=1S/C22H26BrN3O5/c1-4-6-9-26-13(3)20(22(28)29-5-2)15-10-19(16(23)11-17(15)26)30-12-14-7-8-18(31-14)21(27)25-24/h7-8,10-11H,4-6,9,12,24H2,1-3H3,(H,25,27). The first-order chi connectivity index (χ1) is 14.9. The summed E-state index contributed by atoms with van der Waals surface area (Å²) in [5.74, 6) is 5.37. The monoisotopic (exact) mass is 491 g/mol. The van der Waals surface area contributed by atoms with Gasteiger partial charge in [0.1, 0.15) is 18.1 Å². The molecular formula is C22H26BrN3O5. The van der Waals surface area contributed by atoms with E-state index in [0.717, 1.165) is 40.5 Å². The van der Waals surface area contributed by atoms with Crippen molar-refractivity contribution in [2.45, 2.75) is 46.8 Å². The molecule has 0 bridgehead atoms. The Morgan fingerprint density at radius 1 is 1.26 bits per heavy atom. The van der Waals surface area contributed by atoms with Gasteiger partial charge in [-0.25, -0.2) is 10.6 Å². The first kappa shape index (κ1) is 22.9. The summed E-state index contributed by atoms with van der Waals surface area (Å²) in [6.45, 7) is 7.07. The van der Waals surface area contributed by atoms with Crippen LogP contribution in [0.1, 0.15) is 59.1 Å². The highest BCUT2D eigenvalue weighted by Crippen LogP contribution is 2.36. The van der Waals surface area contributed by atoms with Gasteiger partial charge in [-0.1, -0.05) is 13.3 Å². The van der Waals surface area contributed by atoms with E-state index in [-0.39, 0.29) is 18.3 Å². The molecule has 0 aliphatic rings. The predicted molar refractivity (Wildman–Crippen MR) is 120 cm³/mol. The lowest BCUT2D eigenvalue weighted by molar-refractivity contribution is 0.0527. The smallest absolute Gasteiger partial charge is 0.340 e. The van der Waals surface area contributed by atoms with Gasteiger partial charge in [0.25, 0.3) is 0 Å². The number of rotatable bonds is 9. The normalized spacial score (nSPS) is 11.0. The molecule has 2 aromatic heterocycles. The molecule has 8 nitrogen and oxygen atoms in total.